The largest absolute Gasteiger partial charge is 0.347 e. The second-order valence-corrected chi connectivity index (χ2v) is 4.16. The molecule has 3 nitrogen and oxygen atoms in total. The van der Waals surface area contributed by atoms with Crippen LogP contribution in [0.4, 0.5) is 0 Å². The molecule has 1 aromatic rings. The molecule has 0 aliphatic carbocycles. The molecule has 1 aromatic heterocycles. The maximum atomic E-state index is 11.5. The number of rotatable bonds is 4. The van der Waals surface area contributed by atoms with Crippen molar-refractivity contribution in [2.45, 2.75) is 39.2 Å². The molecule has 1 amide bonds. The normalized spacial score (nSPS) is 11.1. The summed E-state index contributed by atoms with van der Waals surface area (Å²) >= 11 is 0. The van der Waals surface area contributed by atoms with Crippen molar-refractivity contribution in [3.63, 3.8) is 0 Å². The quantitative estimate of drug-likeness (QED) is 0.820. The van der Waals surface area contributed by atoms with Crippen LogP contribution in [0.1, 0.15) is 39.2 Å². The van der Waals surface area contributed by atoms with Gasteiger partial charge in [-0.15, -0.1) is 0 Å². The SMILES string of the molecule is CCCC(=O)NC(C)(C)c1ccncc1. The number of pyridine rings is 1. The summed E-state index contributed by atoms with van der Waals surface area (Å²) in [4.78, 5) is 15.5. The Bertz CT molecular complexity index is 320. The van der Waals surface area contributed by atoms with Crippen molar-refractivity contribution in [2.75, 3.05) is 0 Å². The lowest BCUT2D eigenvalue weighted by Crippen LogP contribution is -2.40. The molecule has 1 rings (SSSR count). The molecule has 0 bridgehead atoms. The van der Waals surface area contributed by atoms with Crippen LogP contribution < -0.4 is 5.32 Å². The van der Waals surface area contributed by atoms with Crippen molar-refractivity contribution >= 4 is 5.91 Å². The first-order valence-electron chi connectivity index (χ1n) is 5.28. The van der Waals surface area contributed by atoms with Gasteiger partial charge in [0.25, 0.3) is 0 Å². The van der Waals surface area contributed by atoms with Crippen LogP contribution in [0.5, 0.6) is 0 Å². The first kappa shape index (κ1) is 11.7. The number of carbonyl (C=O) groups excluding carboxylic acids is 1. The van der Waals surface area contributed by atoms with E-state index in [1.165, 1.54) is 0 Å². The zero-order valence-electron chi connectivity index (χ0n) is 9.58. The minimum atomic E-state index is -0.324. The highest BCUT2D eigenvalue weighted by molar-refractivity contribution is 5.76. The predicted octanol–water partition coefficient (Wildman–Crippen LogP) is 2.23. The predicted molar refractivity (Wildman–Crippen MR) is 60.3 cm³/mol. The molecular formula is C12H18N2O. The third kappa shape index (κ3) is 3.35. The number of amides is 1. The molecule has 0 atom stereocenters. The Labute approximate surface area is 90.9 Å². The Morgan fingerprint density at radius 1 is 1.40 bits per heavy atom. The van der Waals surface area contributed by atoms with Crippen molar-refractivity contribution in [3.8, 4) is 0 Å². The van der Waals surface area contributed by atoms with Crippen molar-refractivity contribution in [3.05, 3.63) is 30.1 Å². The van der Waals surface area contributed by atoms with E-state index in [2.05, 4.69) is 10.3 Å². The van der Waals surface area contributed by atoms with Crippen LogP contribution in [0.15, 0.2) is 24.5 Å². The Kier molecular flexibility index (Phi) is 3.83. The number of hydrogen-bond donors (Lipinski definition) is 1. The van der Waals surface area contributed by atoms with Gasteiger partial charge in [0.15, 0.2) is 0 Å². The number of nitrogens with zero attached hydrogens (tertiary/aromatic N) is 1. The van der Waals surface area contributed by atoms with Crippen molar-refractivity contribution in [1.29, 1.82) is 0 Å². The molecule has 1 N–H and O–H groups in total. The summed E-state index contributed by atoms with van der Waals surface area (Å²) in [5.41, 5.74) is 0.747. The fraction of sp³-hybridized carbons (Fsp3) is 0.500. The van der Waals surface area contributed by atoms with Crippen LogP contribution in [0.3, 0.4) is 0 Å². The molecule has 0 radical (unpaired) electrons. The maximum Gasteiger partial charge on any atom is 0.220 e. The fourth-order valence-corrected chi connectivity index (χ4v) is 1.48. The van der Waals surface area contributed by atoms with E-state index in [0.717, 1.165) is 12.0 Å². The van der Waals surface area contributed by atoms with Gasteiger partial charge < -0.3 is 5.32 Å². The summed E-state index contributed by atoms with van der Waals surface area (Å²) < 4.78 is 0. The second kappa shape index (κ2) is 4.91. The van der Waals surface area contributed by atoms with E-state index >= 15 is 0 Å². The van der Waals surface area contributed by atoms with Crippen molar-refractivity contribution in [2.24, 2.45) is 0 Å². The molecule has 15 heavy (non-hydrogen) atoms. The van der Waals surface area contributed by atoms with Gasteiger partial charge in [-0.05, 0) is 38.0 Å². The second-order valence-electron chi connectivity index (χ2n) is 4.16. The van der Waals surface area contributed by atoms with E-state index in [-0.39, 0.29) is 11.4 Å². The van der Waals surface area contributed by atoms with E-state index in [4.69, 9.17) is 0 Å². The third-order valence-corrected chi connectivity index (χ3v) is 2.33. The Morgan fingerprint density at radius 3 is 2.53 bits per heavy atom. The average molecular weight is 206 g/mol. The van der Waals surface area contributed by atoms with Crippen molar-refractivity contribution in [1.82, 2.24) is 10.3 Å². The third-order valence-electron chi connectivity index (χ3n) is 2.33. The van der Waals surface area contributed by atoms with Gasteiger partial charge in [-0.25, -0.2) is 0 Å². The molecular weight excluding hydrogens is 188 g/mol. The first-order valence-corrected chi connectivity index (χ1v) is 5.28. The molecule has 0 fully saturated rings. The molecule has 0 unspecified atom stereocenters. The average Bonchev–Trinajstić information content (AvgIpc) is 2.18. The van der Waals surface area contributed by atoms with Crippen LogP contribution in [0.25, 0.3) is 0 Å². The van der Waals surface area contributed by atoms with Gasteiger partial charge in [0.05, 0.1) is 5.54 Å². The summed E-state index contributed by atoms with van der Waals surface area (Å²) in [6, 6.07) is 3.85. The molecule has 0 saturated carbocycles. The Hall–Kier alpha value is -1.38. The molecule has 0 spiro atoms. The summed E-state index contributed by atoms with van der Waals surface area (Å²) in [5.74, 6) is 0.0966. The maximum absolute atomic E-state index is 11.5. The molecule has 0 aliphatic heterocycles. The number of hydrogen-bond acceptors (Lipinski definition) is 2. The van der Waals surface area contributed by atoms with E-state index in [1.54, 1.807) is 12.4 Å². The molecule has 3 heteroatoms. The van der Waals surface area contributed by atoms with Crippen molar-refractivity contribution < 1.29 is 4.79 Å². The van der Waals surface area contributed by atoms with Gasteiger partial charge >= 0.3 is 0 Å². The van der Waals surface area contributed by atoms with Gasteiger partial charge in [0.1, 0.15) is 0 Å². The van der Waals surface area contributed by atoms with E-state index in [9.17, 15) is 4.79 Å². The van der Waals surface area contributed by atoms with Crippen LogP contribution in [-0.2, 0) is 10.3 Å². The standard InChI is InChI=1S/C12H18N2O/c1-4-5-11(15)14-12(2,3)10-6-8-13-9-7-10/h6-9H,4-5H2,1-3H3,(H,14,15). The molecule has 0 saturated heterocycles. The van der Waals surface area contributed by atoms with E-state index < -0.39 is 0 Å². The Morgan fingerprint density at radius 2 is 2.00 bits per heavy atom. The number of carbonyl (C=O) groups is 1. The first-order chi connectivity index (χ1) is 7.06. The molecule has 82 valence electrons. The highest BCUT2D eigenvalue weighted by atomic mass is 16.1. The molecule has 0 aliphatic rings. The summed E-state index contributed by atoms with van der Waals surface area (Å²) in [6.45, 7) is 5.99. The van der Waals surface area contributed by atoms with E-state index in [1.807, 2.05) is 32.9 Å². The number of aromatic nitrogens is 1. The zero-order valence-corrected chi connectivity index (χ0v) is 9.58. The lowest BCUT2D eigenvalue weighted by atomic mass is 9.95. The van der Waals surface area contributed by atoms with Crippen LogP contribution in [-0.4, -0.2) is 10.9 Å². The smallest absolute Gasteiger partial charge is 0.220 e. The minimum absolute atomic E-state index is 0.0966. The lowest BCUT2D eigenvalue weighted by molar-refractivity contribution is -0.122. The molecule has 1 heterocycles. The van der Waals surface area contributed by atoms with Gasteiger partial charge in [0.2, 0.25) is 5.91 Å². The lowest BCUT2D eigenvalue weighted by Gasteiger charge is -2.26. The number of nitrogens with one attached hydrogen (secondary N) is 1. The van der Waals surface area contributed by atoms with Gasteiger partial charge in [-0.1, -0.05) is 6.92 Å². The fourth-order valence-electron chi connectivity index (χ4n) is 1.48. The summed E-state index contributed by atoms with van der Waals surface area (Å²) in [5, 5.41) is 3.01. The highest BCUT2D eigenvalue weighted by Crippen LogP contribution is 2.18. The van der Waals surface area contributed by atoms with Crippen LogP contribution >= 0.6 is 0 Å². The monoisotopic (exact) mass is 206 g/mol. The highest BCUT2D eigenvalue weighted by Gasteiger charge is 2.21. The molecule has 0 aromatic carbocycles. The van der Waals surface area contributed by atoms with E-state index in [0.29, 0.717) is 6.42 Å². The summed E-state index contributed by atoms with van der Waals surface area (Å²) in [6.07, 6.45) is 4.93. The van der Waals surface area contributed by atoms with Gasteiger partial charge in [0, 0.05) is 18.8 Å². The minimum Gasteiger partial charge on any atom is -0.347 e. The van der Waals surface area contributed by atoms with Gasteiger partial charge in [-0.3, -0.25) is 9.78 Å². The zero-order chi connectivity index (χ0) is 11.3. The Balaban J connectivity index is 2.71. The van der Waals surface area contributed by atoms with Crippen LogP contribution in [0, 0.1) is 0 Å². The van der Waals surface area contributed by atoms with Crippen LogP contribution in [0.2, 0.25) is 0 Å². The summed E-state index contributed by atoms with van der Waals surface area (Å²) in [7, 11) is 0. The topological polar surface area (TPSA) is 42.0 Å². The van der Waals surface area contributed by atoms with Gasteiger partial charge in [-0.2, -0.15) is 0 Å².